The van der Waals surface area contributed by atoms with Crippen molar-refractivity contribution in [1.82, 2.24) is 0 Å². The third kappa shape index (κ3) is 2.30. The third-order valence-electron chi connectivity index (χ3n) is 3.69. The molecule has 0 amide bonds. The van der Waals surface area contributed by atoms with E-state index in [0.29, 0.717) is 0 Å². The number of aryl methyl sites for hydroxylation is 4. The van der Waals surface area contributed by atoms with Gasteiger partial charge in [-0.1, -0.05) is 40.2 Å². The number of halogens is 1. The number of nitrogen functional groups attached to an aromatic ring is 1. The van der Waals surface area contributed by atoms with E-state index < -0.39 is 0 Å². The van der Waals surface area contributed by atoms with Crippen LogP contribution < -0.4 is 5.73 Å². The van der Waals surface area contributed by atoms with Crippen LogP contribution in [0.1, 0.15) is 22.3 Å². The van der Waals surface area contributed by atoms with Gasteiger partial charge in [-0.25, -0.2) is 0 Å². The molecular formula is C16H16BrN. The Balaban J connectivity index is 2.04. The van der Waals surface area contributed by atoms with Crippen molar-refractivity contribution in [3.8, 4) is 0 Å². The molecule has 2 aromatic carbocycles. The van der Waals surface area contributed by atoms with E-state index in [9.17, 15) is 0 Å². The standard InChI is InChI=1S/C16H16BrN/c17-15-9-11-1-2-12-4-6-14(16(18)10-12)8-7-13(15)5-3-11/h3-6,9-10H,1-2,7-8,18H2. The highest BCUT2D eigenvalue weighted by Gasteiger charge is 2.08. The largest absolute Gasteiger partial charge is 0.398 e. The Morgan fingerprint density at radius 2 is 1.39 bits per heavy atom. The number of hydrogen-bond acceptors (Lipinski definition) is 1. The van der Waals surface area contributed by atoms with Gasteiger partial charge < -0.3 is 5.73 Å². The Hall–Kier alpha value is -1.28. The fraction of sp³-hybridized carbons (Fsp3) is 0.250. The quantitative estimate of drug-likeness (QED) is 0.734. The minimum atomic E-state index is 0.943. The average Bonchev–Trinajstić information content (AvgIpc) is 2.34. The molecule has 0 fully saturated rings. The van der Waals surface area contributed by atoms with Crippen molar-refractivity contribution < 1.29 is 0 Å². The molecule has 0 saturated heterocycles. The highest BCUT2D eigenvalue weighted by Crippen LogP contribution is 2.25. The van der Waals surface area contributed by atoms with Crippen molar-refractivity contribution in [3.63, 3.8) is 0 Å². The van der Waals surface area contributed by atoms with Crippen LogP contribution in [0.3, 0.4) is 0 Å². The molecule has 0 saturated carbocycles. The van der Waals surface area contributed by atoms with E-state index in [4.69, 9.17) is 5.73 Å². The molecule has 0 aliphatic heterocycles. The first-order valence-corrected chi connectivity index (χ1v) is 7.16. The van der Waals surface area contributed by atoms with Gasteiger partial charge in [-0.2, -0.15) is 0 Å². The second-order valence-corrected chi connectivity index (χ2v) is 5.81. The van der Waals surface area contributed by atoms with E-state index >= 15 is 0 Å². The molecule has 1 nitrogen and oxygen atoms in total. The molecule has 92 valence electrons. The molecule has 0 radical (unpaired) electrons. The van der Waals surface area contributed by atoms with Crippen LogP contribution in [0.2, 0.25) is 0 Å². The summed E-state index contributed by atoms with van der Waals surface area (Å²) in [6.07, 6.45) is 4.16. The van der Waals surface area contributed by atoms with E-state index in [1.54, 1.807) is 0 Å². The van der Waals surface area contributed by atoms with Crippen LogP contribution in [-0.2, 0) is 25.7 Å². The molecule has 6 rings (SSSR count). The monoisotopic (exact) mass is 301 g/mol. The average molecular weight is 302 g/mol. The minimum Gasteiger partial charge on any atom is -0.398 e. The van der Waals surface area contributed by atoms with Crippen LogP contribution >= 0.6 is 15.9 Å². The van der Waals surface area contributed by atoms with Crippen LogP contribution in [0.5, 0.6) is 0 Å². The first kappa shape index (κ1) is 11.8. The molecule has 4 aliphatic carbocycles. The first-order valence-electron chi connectivity index (χ1n) is 6.37. The fourth-order valence-corrected chi connectivity index (χ4v) is 3.16. The summed E-state index contributed by atoms with van der Waals surface area (Å²) in [5, 5.41) is 0. The van der Waals surface area contributed by atoms with Gasteiger partial charge in [0.05, 0.1) is 0 Å². The summed E-state index contributed by atoms with van der Waals surface area (Å²) in [4.78, 5) is 0. The van der Waals surface area contributed by atoms with Crippen LogP contribution in [0.25, 0.3) is 0 Å². The van der Waals surface area contributed by atoms with Gasteiger partial charge in [-0.15, -0.1) is 0 Å². The summed E-state index contributed by atoms with van der Waals surface area (Å²) in [6.45, 7) is 0. The second-order valence-electron chi connectivity index (χ2n) is 4.96. The zero-order valence-electron chi connectivity index (χ0n) is 10.2. The van der Waals surface area contributed by atoms with Gasteiger partial charge in [0.2, 0.25) is 0 Å². The Labute approximate surface area is 116 Å². The van der Waals surface area contributed by atoms with Crippen molar-refractivity contribution in [2.45, 2.75) is 25.7 Å². The van der Waals surface area contributed by atoms with Gasteiger partial charge in [0.15, 0.2) is 0 Å². The molecule has 0 unspecified atom stereocenters. The molecule has 18 heavy (non-hydrogen) atoms. The van der Waals surface area contributed by atoms with Crippen LogP contribution in [-0.4, -0.2) is 0 Å². The summed E-state index contributed by atoms with van der Waals surface area (Å²) in [5.41, 5.74) is 12.4. The minimum absolute atomic E-state index is 0.943. The Morgan fingerprint density at radius 1 is 0.778 bits per heavy atom. The zero-order chi connectivity index (χ0) is 12.5. The predicted molar refractivity (Wildman–Crippen MR) is 79.8 cm³/mol. The Kier molecular flexibility index (Phi) is 3.13. The van der Waals surface area contributed by atoms with E-state index in [1.807, 2.05) is 0 Å². The summed E-state index contributed by atoms with van der Waals surface area (Å²) >= 11 is 3.68. The molecule has 2 N–H and O–H groups in total. The van der Waals surface area contributed by atoms with Gasteiger partial charge in [-0.05, 0) is 60.1 Å². The van der Waals surface area contributed by atoms with Gasteiger partial charge in [0.1, 0.15) is 0 Å². The smallest absolute Gasteiger partial charge is 0.0349 e. The van der Waals surface area contributed by atoms with Gasteiger partial charge >= 0.3 is 0 Å². The summed E-state index contributed by atoms with van der Waals surface area (Å²) in [5.74, 6) is 0. The van der Waals surface area contributed by atoms with Crippen molar-refractivity contribution >= 4 is 21.6 Å². The fourth-order valence-electron chi connectivity index (χ4n) is 2.53. The summed E-state index contributed by atoms with van der Waals surface area (Å²) in [6, 6.07) is 13.3. The Bertz CT molecular complexity index is 536. The second kappa shape index (κ2) is 4.77. The number of rotatable bonds is 0. The lowest BCUT2D eigenvalue weighted by molar-refractivity contribution is 0.919. The van der Waals surface area contributed by atoms with Crippen molar-refractivity contribution in [3.05, 3.63) is 63.1 Å². The van der Waals surface area contributed by atoms with Crippen molar-refractivity contribution in [2.24, 2.45) is 0 Å². The van der Waals surface area contributed by atoms with E-state index in [-0.39, 0.29) is 0 Å². The maximum atomic E-state index is 6.12. The SMILES string of the molecule is Nc1cc2ccc1CCc1ccc(cc1Br)CC2. The lowest BCUT2D eigenvalue weighted by atomic mass is 9.96. The molecule has 0 spiro atoms. The van der Waals surface area contributed by atoms with Crippen molar-refractivity contribution in [2.75, 3.05) is 5.73 Å². The molecular weight excluding hydrogens is 286 g/mol. The van der Waals surface area contributed by atoms with Gasteiger partial charge in [-0.3, -0.25) is 0 Å². The maximum absolute atomic E-state index is 6.12. The number of hydrogen-bond donors (Lipinski definition) is 1. The Morgan fingerprint density at radius 3 is 2.06 bits per heavy atom. The molecule has 4 aliphatic rings. The van der Waals surface area contributed by atoms with Crippen LogP contribution in [0.4, 0.5) is 5.69 Å². The number of benzene rings is 2. The van der Waals surface area contributed by atoms with Crippen molar-refractivity contribution in [1.29, 1.82) is 0 Å². The normalized spacial score (nSPS) is 14.3. The van der Waals surface area contributed by atoms with Gasteiger partial charge in [0.25, 0.3) is 0 Å². The molecule has 0 aromatic heterocycles. The van der Waals surface area contributed by atoms with E-state index in [2.05, 4.69) is 52.3 Å². The summed E-state index contributed by atoms with van der Waals surface area (Å²) in [7, 11) is 0. The molecule has 4 bridgehead atoms. The lowest BCUT2D eigenvalue weighted by Gasteiger charge is -2.13. The van der Waals surface area contributed by atoms with E-state index in [1.165, 1.54) is 26.7 Å². The summed E-state index contributed by atoms with van der Waals surface area (Å²) < 4.78 is 1.23. The van der Waals surface area contributed by atoms with Gasteiger partial charge in [0, 0.05) is 10.2 Å². The highest BCUT2D eigenvalue weighted by atomic mass is 79.9. The topological polar surface area (TPSA) is 26.0 Å². The molecule has 2 heteroatoms. The number of nitrogens with two attached hydrogens (primary N) is 1. The third-order valence-corrected chi connectivity index (χ3v) is 4.43. The lowest BCUT2D eigenvalue weighted by Crippen LogP contribution is -2.02. The number of anilines is 1. The molecule has 0 heterocycles. The molecule has 2 aromatic rings. The van der Waals surface area contributed by atoms with Crippen LogP contribution in [0, 0.1) is 0 Å². The highest BCUT2D eigenvalue weighted by molar-refractivity contribution is 9.10. The predicted octanol–water partition coefficient (Wildman–Crippen LogP) is 3.92. The first-order chi connectivity index (χ1) is 8.72. The zero-order valence-corrected chi connectivity index (χ0v) is 11.8. The van der Waals surface area contributed by atoms with E-state index in [0.717, 1.165) is 31.4 Å². The maximum Gasteiger partial charge on any atom is 0.0349 e. The van der Waals surface area contributed by atoms with Crippen LogP contribution in [0.15, 0.2) is 40.9 Å². The molecule has 0 atom stereocenters.